The third-order valence-electron chi connectivity index (χ3n) is 4.12. The van der Waals surface area contributed by atoms with Gasteiger partial charge in [-0.05, 0) is 36.5 Å². The van der Waals surface area contributed by atoms with Gasteiger partial charge in [-0.25, -0.2) is 0 Å². The minimum absolute atomic E-state index is 0.0134. The van der Waals surface area contributed by atoms with Crippen LogP contribution in [0.25, 0.3) is 0 Å². The van der Waals surface area contributed by atoms with Crippen LogP contribution in [-0.2, 0) is 21.8 Å². The number of thioether (sulfide) groups is 1. The first kappa shape index (κ1) is 21.3. The van der Waals surface area contributed by atoms with Crippen LogP contribution in [0.4, 0.5) is 0 Å². The average Bonchev–Trinajstić information content (AvgIpc) is 3.14. The van der Waals surface area contributed by atoms with Gasteiger partial charge in [0.15, 0.2) is 5.78 Å². The molecular weight excluding hydrogens is 360 g/mol. The molecule has 0 aliphatic rings. The summed E-state index contributed by atoms with van der Waals surface area (Å²) in [6.45, 7) is 4.04. The molecule has 0 aliphatic carbocycles. The summed E-state index contributed by atoms with van der Waals surface area (Å²) >= 11 is 1.48. The highest BCUT2D eigenvalue weighted by atomic mass is 32.2. The Balaban J connectivity index is 1.97. The Morgan fingerprint density at radius 2 is 1.89 bits per heavy atom. The number of Topliss-reactive ketones (excluding diaryl/α,β-unsaturated/α-hetero) is 1. The number of ketones is 1. The number of benzene rings is 1. The second-order valence-corrected chi connectivity index (χ2v) is 8.01. The molecule has 0 aliphatic heterocycles. The molecule has 0 fully saturated rings. The van der Waals surface area contributed by atoms with Gasteiger partial charge in [0, 0.05) is 0 Å². The SMILES string of the molecule is CC(C)C[C@H](N)C(=O)N[C@@H](Cc1ccccc1)C(=O)CSCc1ccco1. The molecule has 27 heavy (non-hydrogen) atoms. The molecule has 0 radical (unpaired) electrons. The number of nitrogens with one attached hydrogen (secondary N) is 1. The zero-order chi connectivity index (χ0) is 19.6. The monoisotopic (exact) mass is 388 g/mol. The first-order chi connectivity index (χ1) is 13.0. The lowest BCUT2D eigenvalue weighted by molar-refractivity contribution is -0.127. The van der Waals surface area contributed by atoms with Crippen LogP contribution in [0.3, 0.4) is 0 Å². The third-order valence-corrected chi connectivity index (χ3v) is 5.10. The molecule has 0 spiro atoms. The van der Waals surface area contributed by atoms with E-state index in [1.807, 2.05) is 56.3 Å². The lowest BCUT2D eigenvalue weighted by Gasteiger charge is -2.21. The predicted octanol–water partition coefficient (Wildman–Crippen LogP) is 3.18. The smallest absolute Gasteiger partial charge is 0.237 e. The molecule has 6 heteroatoms. The van der Waals surface area contributed by atoms with Crippen molar-refractivity contribution in [2.45, 2.75) is 44.5 Å². The summed E-state index contributed by atoms with van der Waals surface area (Å²) < 4.78 is 5.29. The number of hydrogen-bond acceptors (Lipinski definition) is 5. The van der Waals surface area contributed by atoms with Gasteiger partial charge in [0.05, 0.1) is 29.9 Å². The second kappa shape index (κ2) is 10.9. The fourth-order valence-electron chi connectivity index (χ4n) is 2.74. The molecule has 146 valence electrons. The van der Waals surface area contributed by atoms with E-state index in [1.54, 1.807) is 6.26 Å². The van der Waals surface area contributed by atoms with E-state index in [4.69, 9.17) is 10.2 Å². The summed E-state index contributed by atoms with van der Waals surface area (Å²) in [4.78, 5) is 25.2. The van der Waals surface area contributed by atoms with Gasteiger partial charge in [0.2, 0.25) is 5.91 Å². The second-order valence-electron chi connectivity index (χ2n) is 7.03. The van der Waals surface area contributed by atoms with E-state index in [9.17, 15) is 9.59 Å². The molecule has 0 unspecified atom stereocenters. The van der Waals surface area contributed by atoms with Gasteiger partial charge < -0.3 is 15.5 Å². The molecule has 0 saturated heterocycles. The van der Waals surface area contributed by atoms with Crippen molar-refractivity contribution in [2.24, 2.45) is 11.7 Å². The Morgan fingerprint density at radius 1 is 1.15 bits per heavy atom. The molecule has 3 N–H and O–H groups in total. The van der Waals surface area contributed by atoms with E-state index in [0.29, 0.717) is 30.3 Å². The summed E-state index contributed by atoms with van der Waals surface area (Å²) in [7, 11) is 0. The van der Waals surface area contributed by atoms with Crippen molar-refractivity contribution in [3.8, 4) is 0 Å². The van der Waals surface area contributed by atoms with Crippen molar-refractivity contribution in [3.63, 3.8) is 0 Å². The fraction of sp³-hybridized carbons (Fsp3) is 0.429. The van der Waals surface area contributed by atoms with E-state index in [0.717, 1.165) is 11.3 Å². The van der Waals surface area contributed by atoms with E-state index in [2.05, 4.69) is 5.32 Å². The first-order valence-electron chi connectivity index (χ1n) is 9.18. The Labute approximate surface area is 165 Å². The quantitative estimate of drug-likeness (QED) is 0.617. The summed E-state index contributed by atoms with van der Waals surface area (Å²) in [6, 6.07) is 12.2. The Morgan fingerprint density at radius 3 is 2.52 bits per heavy atom. The van der Waals surface area contributed by atoms with Crippen molar-refractivity contribution in [3.05, 3.63) is 60.1 Å². The molecule has 1 amide bonds. The van der Waals surface area contributed by atoms with Gasteiger partial charge in [-0.2, -0.15) is 0 Å². The molecule has 1 aromatic carbocycles. The molecule has 0 saturated carbocycles. The summed E-state index contributed by atoms with van der Waals surface area (Å²) in [5, 5.41) is 2.86. The van der Waals surface area contributed by atoms with Crippen molar-refractivity contribution >= 4 is 23.5 Å². The Hall–Kier alpha value is -2.05. The van der Waals surface area contributed by atoms with Gasteiger partial charge in [-0.15, -0.1) is 11.8 Å². The number of nitrogens with two attached hydrogens (primary N) is 1. The van der Waals surface area contributed by atoms with Crippen LogP contribution >= 0.6 is 11.8 Å². The highest BCUT2D eigenvalue weighted by molar-refractivity contribution is 7.99. The summed E-state index contributed by atoms with van der Waals surface area (Å²) in [6.07, 6.45) is 2.67. The molecule has 1 heterocycles. The zero-order valence-electron chi connectivity index (χ0n) is 15.9. The predicted molar refractivity (Wildman–Crippen MR) is 109 cm³/mol. The molecule has 1 aromatic heterocycles. The Kier molecular flexibility index (Phi) is 8.61. The van der Waals surface area contributed by atoms with Crippen molar-refractivity contribution < 1.29 is 14.0 Å². The van der Waals surface area contributed by atoms with Crippen molar-refractivity contribution in [1.29, 1.82) is 0 Å². The number of amides is 1. The number of carbonyl (C=O) groups is 2. The van der Waals surface area contributed by atoms with Gasteiger partial charge >= 0.3 is 0 Å². The minimum Gasteiger partial charge on any atom is -0.468 e. The van der Waals surface area contributed by atoms with E-state index < -0.39 is 12.1 Å². The maximum absolute atomic E-state index is 12.7. The lowest BCUT2D eigenvalue weighted by Crippen LogP contribution is -2.50. The fourth-order valence-corrected chi connectivity index (χ4v) is 3.61. The largest absolute Gasteiger partial charge is 0.468 e. The summed E-state index contributed by atoms with van der Waals surface area (Å²) in [5.41, 5.74) is 6.99. The van der Waals surface area contributed by atoms with Gasteiger partial charge in [0.1, 0.15) is 5.76 Å². The first-order valence-corrected chi connectivity index (χ1v) is 10.3. The molecule has 2 rings (SSSR count). The van der Waals surface area contributed by atoms with E-state index >= 15 is 0 Å². The normalized spacial score (nSPS) is 13.3. The van der Waals surface area contributed by atoms with Crippen LogP contribution in [0.15, 0.2) is 53.1 Å². The van der Waals surface area contributed by atoms with E-state index in [1.165, 1.54) is 11.8 Å². The number of rotatable bonds is 11. The third kappa shape index (κ3) is 7.61. The standard InChI is InChI=1S/C21H28N2O3S/c1-15(2)11-18(22)21(25)23-19(12-16-7-4-3-5-8-16)20(24)14-27-13-17-9-6-10-26-17/h3-10,15,18-19H,11-14,22H2,1-2H3,(H,23,25)/t18-,19-/m0/s1. The van der Waals surface area contributed by atoms with Crippen LogP contribution < -0.4 is 11.1 Å². The highest BCUT2D eigenvalue weighted by Gasteiger charge is 2.24. The lowest BCUT2D eigenvalue weighted by atomic mass is 10.0. The topological polar surface area (TPSA) is 85.3 Å². The molecule has 5 nitrogen and oxygen atoms in total. The maximum Gasteiger partial charge on any atom is 0.237 e. The number of carbonyl (C=O) groups excluding carboxylic acids is 2. The molecule has 0 bridgehead atoms. The molecular formula is C21H28N2O3S. The van der Waals surface area contributed by atoms with Crippen molar-refractivity contribution in [2.75, 3.05) is 5.75 Å². The van der Waals surface area contributed by atoms with Crippen LogP contribution in [0.2, 0.25) is 0 Å². The maximum atomic E-state index is 12.7. The van der Waals surface area contributed by atoms with Crippen LogP contribution in [-0.4, -0.2) is 29.5 Å². The zero-order valence-corrected chi connectivity index (χ0v) is 16.7. The van der Waals surface area contributed by atoms with Gasteiger partial charge in [-0.1, -0.05) is 44.2 Å². The van der Waals surface area contributed by atoms with Crippen LogP contribution in [0.1, 0.15) is 31.6 Å². The van der Waals surface area contributed by atoms with Gasteiger partial charge in [0.25, 0.3) is 0 Å². The number of furan rings is 1. The van der Waals surface area contributed by atoms with Crippen LogP contribution in [0, 0.1) is 5.92 Å². The minimum atomic E-state index is -0.605. The number of hydrogen-bond donors (Lipinski definition) is 2. The Bertz CT molecular complexity index is 701. The highest BCUT2D eigenvalue weighted by Crippen LogP contribution is 2.14. The molecule has 2 aromatic rings. The van der Waals surface area contributed by atoms with Crippen LogP contribution in [0.5, 0.6) is 0 Å². The molecule has 2 atom stereocenters. The average molecular weight is 389 g/mol. The van der Waals surface area contributed by atoms with Crippen molar-refractivity contribution in [1.82, 2.24) is 5.32 Å². The summed E-state index contributed by atoms with van der Waals surface area (Å²) in [5.74, 6) is 1.79. The van der Waals surface area contributed by atoms with E-state index in [-0.39, 0.29) is 11.7 Å². The van der Waals surface area contributed by atoms with Gasteiger partial charge in [-0.3, -0.25) is 9.59 Å².